The summed E-state index contributed by atoms with van der Waals surface area (Å²) >= 11 is 2.46. The maximum Gasteiger partial charge on any atom is 0.327 e. The lowest BCUT2D eigenvalue weighted by Gasteiger charge is -2.44. The van der Waals surface area contributed by atoms with Crippen LogP contribution in [0, 0.1) is 0 Å². The van der Waals surface area contributed by atoms with Gasteiger partial charge < -0.3 is 31.5 Å². The fourth-order valence-corrected chi connectivity index (χ4v) is 8.17. The van der Waals surface area contributed by atoms with Crippen molar-refractivity contribution in [1.82, 2.24) is 20.9 Å². The van der Waals surface area contributed by atoms with Gasteiger partial charge in [0.15, 0.2) is 0 Å². The molecular formula is C24H31N5O7S2. The topological polar surface area (TPSA) is 191 Å². The van der Waals surface area contributed by atoms with Gasteiger partial charge in [-0.25, -0.2) is 4.79 Å². The third-order valence-corrected chi connectivity index (χ3v) is 10.1. The molecule has 3 fully saturated rings. The molecule has 0 aromatic heterocycles. The molecule has 3 heterocycles. The van der Waals surface area contributed by atoms with Gasteiger partial charge >= 0.3 is 11.9 Å². The number of nitrogens with one attached hydrogen (secondary N) is 3. The lowest BCUT2D eigenvalue weighted by molar-refractivity contribution is -0.161. The molecule has 0 bridgehead atoms. The fraction of sp³-hybridized carbons (Fsp3) is 0.542. The van der Waals surface area contributed by atoms with Gasteiger partial charge in [0, 0.05) is 9.49 Å². The normalized spacial score (nSPS) is 30.5. The summed E-state index contributed by atoms with van der Waals surface area (Å²) in [5.41, 5.74) is 6.66. The minimum atomic E-state index is -1.28. The average molecular weight is 566 g/mol. The SMILES string of the molecule is CC1(C)S[C@@H]2[C@H](NC(=O)[C@@H](NC(=O)[C@H](N)c3ccccc3)[C@@H]3N[C@@H](C(=O)O)C(C)(C)S3)C(=O)N2[C@H]1C(=O)O. The minimum absolute atomic E-state index is 0.522. The molecular weight excluding hydrogens is 534 g/mol. The van der Waals surface area contributed by atoms with E-state index >= 15 is 0 Å². The van der Waals surface area contributed by atoms with Gasteiger partial charge in [0.2, 0.25) is 17.7 Å². The molecule has 0 radical (unpaired) electrons. The first-order chi connectivity index (χ1) is 17.7. The summed E-state index contributed by atoms with van der Waals surface area (Å²) in [5.74, 6) is -4.13. The third kappa shape index (κ3) is 4.97. The first kappa shape index (κ1) is 28.2. The number of fused-ring (bicyclic) bond motifs is 1. The Morgan fingerprint density at radius 1 is 1.00 bits per heavy atom. The van der Waals surface area contributed by atoms with Crippen LogP contribution in [0.4, 0.5) is 0 Å². The van der Waals surface area contributed by atoms with E-state index in [4.69, 9.17) is 5.73 Å². The van der Waals surface area contributed by atoms with Crippen LogP contribution < -0.4 is 21.7 Å². The van der Waals surface area contributed by atoms with E-state index in [1.807, 2.05) is 0 Å². The Labute approximate surface area is 227 Å². The van der Waals surface area contributed by atoms with E-state index in [1.165, 1.54) is 28.4 Å². The second-order valence-corrected chi connectivity index (χ2v) is 14.1. The number of hydrogen-bond acceptors (Lipinski definition) is 9. The summed E-state index contributed by atoms with van der Waals surface area (Å²) in [6.45, 7) is 6.88. The average Bonchev–Trinajstić information content (AvgIpc) is 3.30. The zero-order chi connectivity index (χ0) is 28.2. The van der Waals surface area contributed by atoms with Crippen molar-refractivity contribution in [1.29, 1.82) is 0 Å². The van der Waals surface area contributed by atoms with E-state index in [-0.39, 0.29) is 0 Å². The minimum Gasteiger partial charge on any atom is -0.480 e. The van der Waals surface area contributed by atoms with Crippen molar-refractivity contribution in [3.63, 3.8) is 0 Å². The van der Waals surface area contributed by atoms with Gasteiger partial charge in [-0.1, -0.05) is 30.3 Å². The molecule has 14 heteroatoms. The lowest BCUT2D eigenvalue weighted by atomic mass is 9.96. The summed E-state index contributed by atoms with van der Waals surface area (Å²) in [6.07, 6.45) is 0. The van der Waals surface area contributed by atoms with Gasteiger partial charge in [-0.3, -0.25) is 24.5 Å². The van der Waals surface area contributed by atoms with Crippen LogP contribution in [0.3, 0.4) is 0 Å². The molecule has 0 unspecified atom stereocenters. The number of aliphatic carboxylic acids is 2. The van der Waals surface area contributed by atoms with Gasteiger partial charge in [0.25, 0.3) is 0 Å². The van der Waals surface area contributed by atoms with E-state index in [0.717, 1.165) is 0 Å². The van der Waals surface area contributed by atoms with Crippen molar-refractivity contribution in [2.24, 2.45) is 5.73 Å². The van der Waals surface area contributed by atoms with Crippen LogP contribution in [0.5, 0.6) is 0 Å². The molecule has 38 heavy (non-hydrogen) atoms. The van der Waals surface area contributed by atoms with E-state index in [1.54, 1.807) is 58.0 Å². The number of β-lactam (4-membered cyclic amide) rings is 1. The largest absolute Gasteiger partial charge is 0.480 e. The highest BCUT2D eigenvalue weighted by Crippen LogP contribution is 2.50. The van der Waals surface area contributed by atoms with E-state index in [0.29, 0.717) is 5.56 Å². The monoisotopic (exact) mass is 565 g/mol. The van der Waals surface area contributed by atoms with Crippen LogP contribution >= 0.6 is 23.5 Å². The van der Waals surface area contributed by atoms with Crippen molar-refractivity contribution < 1.29 is 34.2 Å². The van der Waals surface area contributed by atoms with Crippen LogP contribution in [-0.4, -0.2) is 89.2 Å². The smallest absolute Gasteiger partial charge is 0.327 e. The second-order valence-electron chi connectivity index (χ2n) is 10.5. The summed E-state index contributed by atoms with van der Waals surface area (Å²) in [7, 11) is 0. The molecule has 1 aromatic rings. The Morgan fingerprint density at radius 2 is 1.63 bits per heavy atom. The number of nitrogens with zero attached hydrogens (tertiary/aromatic N) is 1. The van der Waals surface area contributed by atoms with Crippen molar-refractivity contribution >= 4 is 53.2 Å². The lowest BCUT2D eigenvalue weighted by Crippen LogP contribution is -2.72. The standard InChI is InChI=1S/C24H31N5O7S2/c1-23(2)14(21(33)34)28-18(37-23)12(26-16(30)11(25)10-8-6-5-7-9-10)17(31)27-13-19(32)29-15(22(35)36)24(3,4)38-20(13)29/h5-9,11-15,18,20,28H,25H2,1-4H3,(H,26,30)(H,27,31)(H,33,34)(H,35,36)/t11-,12-,13-,14+,15+,18-,20-/m1/s1. The molecule has 3 aliphatic heterocycles. The van der Waals surface area contributed by atoms with Gasteiger partial charge in [-0.2, -0.15) is 0 Å². The molecule has 1 aromatic carbocycles. The molecule has 12 nitrogen and oxygen atoms in total. The number of thioether (sulfide) groups is 2. The molecule has 3 aliphatic rings. The Kier molecular flexibility index (Phi) is 7.47. The van der Waals surface area contributed by atoms with Crippen LogP contribution in [0.25, 0.3) is 0 Å². The van der Waals surface area contributed by atoms with Crippen molar-refractivity contribution in [3.8, 4) is 0 Å². The molecule has 0 spiro atoms. The number of carboxylic acid groups (broad SMARTS) is 2. The first-order valence-corrected chi connectivity index (χ1v) is 13.7. The Bertz CT molecular complexity index is 1160. The van der Waals surface area contributed by atoms with Crippen molar-refractivity contribution in [2.75, 3.05) is 0 Å². The summed E-state index contributed by atoms with van der Waals surface area (Å²) < 4.78 is -1.59. The van der Waals surface area contributed by atoms with Crippen molar-refractivity contribution in [2.45, 2.75) is 78.1 Å². The summed E-state index contributed by atoms with van der Waals surface area (Å²) in [4.78, 5) is 64.5. The summed E-state index contributed by atoms with van der Waals surface area (Å²) in [6, 6.07) is 3.15. The number of carbonyl (C=O) groups is 5. The van der Waals surface area contributed by atoms with E-state index in [9.17, 15) is 34.2 Å². The summed E-state index contributed by atoms with van der Waals surface area (Å²) in [5, 5.41) is 26.1. The molecule has 0 saturated carbocycles. The fourth-order valence-electron chi connectivity index (χ4n) is 5.05. The van der Waals surface area contributed by atoms with Crippen LogP contribution in [0.1, 0.15) is 39.3 Å². The van der Waals surface area contributed by atoms with Gasteiger partial charge in [-0.15, -0.1) is 23.5 Å². The Balaban J connectivity index is 1.55. The molecule has 206 valence electrons. The maximum atomic E-state index is 13.6. The molecule has 7 atom stereocenters. The highest BCUT2D eigenvalue weighted by Gasteiger charge is 2.64. The number of rotatable bonds is 8. The number of carbonyl (C=O) groups excluding carboxylic acids is 3. The zero-order valence-electron chi connectivity index (χ0n) is 21.2. The number of carboxylic acids is 2. The van der Waals surface area contributed by atoms with Gasteiger partial charge in [0.05, 0.1) is 5.37 Å². The van der Waals surface area contributed by atoms with Crippen molar-refractivity contribution in [3.05, 3.63) is 35.9 Å². The van der Waals surface area contributed by atoms with Gasteiger partial charge in [0.1, 0.15) is 35.6 Å². The number of hydrogen-bond donors (Lipinski definition) is 6. The van der Waals surface area contributed by atoms with Crippen LogP contribution in [0.15, 0.2) is 30.3 Å². The Morgan fingerprint density at radius 3 is 2.18 bits per heavy atom. The Hall–Kier alpha value is -2.81. The zero-order valence-corrected chi connectivity index (χ0v) is 22.8. The van der Waals surface area contributed by atoms with Gasteiger partial charge in [-0.05, 0) is 33.3 Å². The number of nitrogens with two attached hydrogens (primary N) is 1. The molecule has 7 N–H and O–H groups in total. The third-order valence-electron chi connectivity index (χ3n) is 7.00. The molecule has 3 saturated heterocycles. The predicted molar refractivity (Wildman–Crippen MR) is 141 cm³/mol. The van der Waals surface area contributed by atoms with E-state index < -0.39 is 80.1 Å². The first-order valence-electron chi connectivity index (χ1n) is 12.0. The number of benzene rings is 1. The molecule has 0 aliphatic carbocycles. The highest BCUT2D eigenvalue weighted by molar-refractivity contribution is 8.02. The molecule has 4 rings (SSSR count). The van der Waals surface area contributed by atoms with Crippen LogP contribution in [-0.2, 0) is 24.0 Å². The van der Waals surface area contributed by atoms with E-state index in [2.05, 4.69) is 16.0 Å². The maximum absolute atomic E-state index is 13.6. The van der Waals surface area contributed by atoms with Crippen LogP contribution in [0.2, 0.25) is 0 Å². The highest BCUT2D eigenvalue weighted by atomic mass is 32.2. The predicted octanol–water partition coefficient (Wildman–Crippen LogP) is -0.303. The number of amides is 3. The quantitative estimate of drug-likeness (QED) is 0.227. The second kappa shape index (κ2) is 10.1. The molecule has 3 amide bonds.